The van der Waals surface area contributed by atoms with E-state index in [1.807, 2.05) is 0 Å². The first-order valence-electron chi connectivity index (χ1n) is 4.25. The molecule has 5 heteroatoms. The number of hydrogen-bond donors (Lipinski definition) is 2. The third-order valence-electron chi connectivity index (χ3n) is 1.23. The minimum atomic E-state index is 0.0278. The van der Waals surface area contributed by atoms with Gasteiger partial charge in [-0.1, -0.05) is 0 Å². The number of rotatable bonds is 6. The molecule has 2 N–H and O–H groups in total. The van der Waals surface area contributed by atoms with Crippen LogP contribution in [0.2, 0.25) is 0 Å². The van der Waals surface area contributed by atoms with Gasteiger partial charge in [-0.3, -0.25) is 0 Å². The Morgan fingerprint density at radius 1 is 1.31 bits per heavy atom. The number of methoxy groups -OCH3 is 1. The maximum atomic E-state index is 8.09. The summed E-state index contributed by atoms with van der Waals surface area (Å²) in [7, 11) is 1.68. The molecule has 0 aliphatic carbocycles. The standard InChI is InChI=1S/C4H10O3.C4H8O2/c5-1-3-7-4-2-6;1-5-2-4-3-6-4/h5-6H,1-4H2;4H,2-3H2,1H3. The first kappa shape index (κ1) is 12.8. The van der Waals surface area contributed by atoms with E-state index in [0.29, 0.717) is 19.3 Å². The second-order valence-electron chi connectivity index (χ2n) is 2.47. The highest BCUT2D eigenvalue weighted by atomic mass is 16.6. The van der Waals surface area contributed by atoms with Crippen LogP contribution < -0.4 is 0 Å². The van der Waals surface area contributed by atoms with Gasteiger partial charge in [0.15, 0.2) is 0 Å². The summed E-state index contributed by atoms with van der Waals surface area (Å²) in [6.07, 6.45) is 0.426. The van der Waals surface area contributed by atoms with Gasteiger partial charge in [0.25, 0.3) is 0 Å². The number of aliphatic hydroxyl groups excluding tert-OH is 2. The van der Waals surface area contributed by atoms with Crippen LogP contribution >= 0.6 is 0 Å². The highest BCUT2D eigenvalue weighted by molar-refractivity contribution is 4.66. The Bertz CT molecular complexity index is 90.5. The van der Waals surface area contributed by atoms with Gasteiger partial charge in [-0.05, 0) is 0 Å². The van der Waals surface area contributed by atoms with Crippen LogP contribution in [0.25, 0.3) is 0 Å². The van der Waals surface area contributed by atoms with Crippen LogP contribution in [0.4, 0.5) is 0 Å². The van der Waals surface area contributed by atoms with Gasteiger partial charge in [0.1, 0.15) is 6.10 Å². The number of aliphatic hydroxyl groups is 2. The molecule has 1 aliphatic heterocycles. The summed E-state index contributed by atoms with van der Waals surface area (Å²) < 4.78 is 14.2. The molecule has 13 heavy (non-hydrogen) atoms. The molecule has 0 aromatic carbocycles. The number of ether oxygens (including phenoxy) is 3. The van der Waals surface area contributed by atoms with Gasteiger partial charge in [-0.2, -0.15) is 0 Å². The van der Waals surface area contributed by atoms with Crippen molar-refractivity contribution >= 4 is 0 Å². The van der Waals surface area contributed by atoms with E-state index in [2.05, 4.69) is 4.74 Å². The normalized spacial score (nSPS) is 19.2. The lowest BCUT2D eigenvalue weighted by atomic mass is 10.5. The minimum absolute atomic E-state index is 0.0278. The molecule has 5 nitrogen and oxygen atoms in total. The Kier molecular flexibility index (Phi) is 9.73. The van der Waals surface area contributed by atoms with E-state index in [9.17, 15) is 0 Å². The van der Waals surface area contributed by atoms with Crippen molar-refractivity contribution in [2.45, 2.75) is 6.10 Å². The molecule has 0 aromatic rings. The molecular formula is C8H18O5. The fourth-order valence-corrected chi connectivity index (χ4v) is 0.581. The molecule has 80 valence electrons. The van der Waals surface area contributed by atoms with Crippen molar-refractivity contribution in [3.8, 4) is 0 Å². The van der Waals surface area contributed by atoms with Crippen LogP contribution in [0.1, 0.15) is 0 Å². The lowest BCUT2D eigenvalue weighted by molar-refractivity contribution is 0.0650. The molecule has 0 spiro atoms. The molecular weight excluding hydrogens is 176 g/mol. The van der Waals surface area contributed by atoms with Crippen molar-refractivity contribution in [1.82, 2.24) is 0 Å². The largest absolute Gasteiger partial charge is 0.394 e. The lowest BCUT2D eigenvalue weighted by Gasteiger charge is -1.94. The van der Waals surface area contributed by atoms with Gasteiger partial charge >= 0.3 is 0 Å². The maximum absolute atomic E-state index is 8.09. The third kappa shape index (κ3) is 11.8. The lowest BCUT2D eigenvalue weighted by Crippen LogP contribution is -2.03. The van der Waals surface area contributed by atoms with Crippen molar-refractivity contribution in [3.05, 3.63) is 0 Å². The monoisotopic (exact) mass is 194 g/mol. The summed E-state index contributed by atoms with van der Waals surface area (Å²) in [5.41, 5.74) is 0. The molecule has 1 heterocycles. The summed E-state index contributed by atoms with van der Waals surface area (Å²) >= 11 is 0. The maximum Gasteiger partial charge on any atom is 0.104 e. The smallest absolute Gasteiger partial charge is 0.104 e. The minimum Gasteiger partial charge on any atom is -0.394 e. The van der Waals surface area contributed by atoms with Crippen LogP contribution in [-0.2, 0) is 14.2 Å². The molecule has 0 saturated carbocycles. The summed E-state index contributed by atoms with van der Waals surface area (Å²) in [6, 6.07) is 0. The summed E-state index contributed by atoms with van der Waals surface area (Å²) in [5.74, 6) is 0. The van der Waals surface area contributed by atoms with Gasteiger partial charge in [-0.15, -0.1) is 0 Å². The zero-order chi connectivity index (χ0) is 9.94. The van der Waals surface area contributed by atoms with Crippen LogP contribution in [-0.4, -0.2) is 63.1 Å². The van der Waals surface area contributed by atoms with Gasteiger partial charge in [0.2, 0.25) is 0 Å². The Morgan fingerprint density at radius 3 is 2.08 bits per heavy atom. The molecule has 1 unspecified atom stereocenters. The second kappa shape index (κ2) is 9.88. The zero-order valence-electron chi connectivity index (χ0n) is 7.94. The van der Waals surface area contributed by atoms with Gasteiger partial charge in [0, 0.05) is 7.11 Å². The van der Waals surface area contributed by atoms with Gasteiger partial charge < -0.3 is 24.4 Å². The van der Waals surface area contributed by atoms with E-state index >= 15 is 0 Å². The van der Waals surface area contributed by atoms with E-state index in [1.165, 1.54) is 0 Å². The Labute approximate surface area is 78.2 Å². The average Bonchev–Trinajstić information content (AvgIpc) is 2.91. The SMILES string of the molecule is COCC1CO1.OCCOCCO. The van der Waals surface area contributed by atoms with Crippen molar-refractivity contribution in [2.24, 2.45) is 0 Å². The van der Waals surface area contributed by atoms with E-state index in [0.717, 1.165) is 13.2 Å². The predicted molar refractivity (Wildman–Crippen MR) is 46.6 cm³/mol. The van der Waals surface area contributed by atoms with Crippen molar-refractivity contribution < 1.29 is 24.4 Å². The average molecular weight is 194 g/mol. The van der Waals surface area contributed by atoms with Crippen molar-refractivity contribution in [2.75, 3.05) is 46.8 Å². The molecule has 1 atom stereocenters. The molecule has 0 amide bonds. The van der Waals surface area contributed by atoms with Crippen LogP contribution in [0.3, 0.4) is 0 Å². The first-order valence-corrected chi connectivity index (χ1v) is 4.25. The van der Waals surface area contributed by atoms with Crippen LogP contribution in [0.5, 0.6) is 0 Å². The molecule has 1 aliphatic rings. The topological polar surface area (TPSA) is 71.5 Å². The van der Waals surface area contributed by atoms with Crippen molar-refractivity contribution in [1.29, 1.82) is 0 Å². The van der Waals surface area contributed by atoms with Crippen LogP contribution in [0.15, 0.2) is 0 Å². The van der Waals surface area contributed by atoms with Gasteiger partial charge in [-0.25, -0.2) is 0 Å². The van der Waals surface area contributed by atoms with E-state index < -0.39 is 0 Å². The zero-order valence-corrected chi connectivity index (χ0v) is 7.94. The number of epoxide rings is 1. The van der Waals surface area contributed by atoms with E-state index in [4.69, 9.17) is 19.7 Å². The molecule has 1 fully saturated rings. The third-order valence-corrected chi connectivity index (χ3v) is 1.23. The molecule has 0 bridgehead atoms. The number of hydrogen-bond acceptors (Lipinski definition) is 5. The van der Waals surface area contributed by atoms with E-state index in [1.54, 1.807) is 7.11 Å². The molecule has 1 saturated heterocycles. The summed E-state index contributed by atoms with van der Waals surface area (Å²) in [6.45, 7) is 2.36. The Hall–Kier alpha value is -0.200. The van der Waals surface area contributed by atoms with Crippen LogP contribution in [0, 0.1) is 0 Å². The fraction of sp³-hybridized carbons (Fsp3) is 1.00. The predicted octanol–water partition coefficient (Wildman–Crippen LogP) is -0.981. The Balaban J connectivity index is 0.000000223. The molecule has 0 radical (unpaired) electrons. The molecule has 1 rings (SSSR count). The first-order chi connectivity index (χ1) is 6.35. The van der Waals surface area contributed by atoms with Gasteiger partial charge in [0.05, 0.1) is 39.6 Å². The second-order valence-corrected chi connectivity index (χ2v) is 2.47. The highest BCUT2D eigenvalue weighted by Crippen LogP contribution is 2.06. The molecule has 0 aromatic heterocycles. The summed E-state index contributed by atoms with van der Waals surface area (Å²) in [4.78, 5) is 0. The van der Waals surface area contributed by atoms with E-state index in [-0.39, 0.29) is 13.2 Å². The Morgan fingerprint density at radius 2 is 1.85 bits per heavy atom. The highest BCUT2D eigenvalue weighted by Gasteiger charge is 2.21. The summed E-state index contributed by atoms with van der Waals surface area (Å²) in [5, 5.41) is 16.2. The quantitative estimate of drug-likeness (QED) is 0.420. The fourth-order valence-electron chi connectivity index (χ4n) is 0.581. The van der Waals surface area contributed by atoms with Crippen molar-refractivity contribution in [3.63, 3.8) is 0 Å².